The third-order valence-corrected chi connectivity index (χ3v) is 9.44. The van der Waals surface area contributed by atoms with Crippen LogP contribution < -0.4 is 0 Å². The van der Waals surface area contributed by atoms with Crippen LogP contribution in [0.3, 0.4) is 0 Å². The normalized spacial score (nSPS) is 21.6. The Kier molecular flexibility index (Phi) is 9.46. The molecule has 210 valence electrons. The van der Waals surface area contributed by atoms with Gasteiger partial charge in [-0.25, -0.2) is 0 Å². The van der Waals surface area contributed by atoms with Gasteiger partial charge < -0.3 is 0 Å². The summed E-state index contributed by atoms with van der Waals surface area (Å²) in [6.45, 7) is 9.16. The van der Waals surface area contributed by atoms with Crippen LogP contribution in [0.4, 0.5) is 0 Å². The molecule has 3 aliphatic carbocycles. The van der Waals surface area contributed by atoms with Crippen molar-refractivity contribution >= 4 is 5.57 Å². The fraction of sp³-hybridized carbons (Fsp3) is 0.450. The molecule has 2 aromatic rings. The maximum absolute atomic E-state index is 2.63. The molecule has 5 rings (SSSR count). The van der Waals surface area contributed by atoms with E-state index in [0.29, 0.717) is 5.92 Å². The summed E-state index contributed by atoms with van der Waals surface area (Å²) < 4.78 is 0. The van der Waals surface area contributed by atoms with Crippen LogP contribution >= 0.6 is 0 Å². The molecular weight excluding hydrogens is 480 g/mol. The van der Waals surface area contributed by atoms with Gasteiger partial charge in [-0.2, -0.15) is 0 Å². The van der Waals surface area contributed by atoms with E-state index in [1.54, 1.807) is 11.1 Å². The Hall–Kier alpha value is -2.86. The molecule has 0 nitrogen and oxygen atoms in total. The number of aryl methyl sites for hydroxylation is 2. The highest BCUT2D eigenvalue weighted by atomic mass is 14.5. The van der Waals surface area contributed by atoms with Gasteiger partial charge in [0.05, 0.1) is 5.41 Å². The van der Waals surface area contributed by atoms with Gasteiger partial charge in [0, 0.05) is 5.92 Å². The van der Waals surface area contributed by atoms with E-state index in [0.717, 1.165) is 12.8 Å². The van der Waals surface area contributed by atoms with Crippen LogP contribution in [0.15, 0.2) is 95.6 Å². The predicted octanol–water partition coefficient (Wildman–Crippen LogP) is 11.6. The number of hydrogen-bond donors (Lipinski definition) is 0. The molecule has 0 radical (unpaired) electrons. The van der Waals surface area contributed by atoms with E-state index in [2.05, 4.69) is 107 Å². The highest BCUT2D eigenvalue weighted by molar-refractivity contribution is 5.83. The average molecular weight is 531 g/mol. The quantitative estimate of drug-likeness (QED) is 0.239. The highest BCUT2D eigenvalue weighted by Crippen LogP contribution is 2.55. The molecule has 0 heterocycles. The monoisotopic (exact) mass is 530 g/mol. The van der Waals surface area contributed by atoms with Gasteiger partial charge in [-0.3, -0.25) is 0 Å². The summed E-state index contributed by atoms with van der Waals surface area (Å²) in [6.07, 6.45) is 30.2. The molecule has 0 aromatic heterocycles. The summed E-state index contributed by atoms with van der Waals surface area (Å²) in [6, 6.07) is 17.0. The largest absolute Gasteiger partial charge is 0.0810 e. The molecule has 40 heavy (non-hydrogen) atoms. The summed E-state index contributed by atoms with van der Waals surface area (Å²) in [5.74, 6) is 0.299. The van der Waals surface area contributed by atoms with Crippen molar-refractivity contribution in [3.63, 3.8) is 0 Å². The van der Waals surface area contributed by atoms with Crippen molar-refractivity contribution in [3.05, 3.63) is 123 Å². The van der Waals surface area contributed by atoms with Crippen molar-refractivity contribution in [1.29, 1.82) is 0 Å². The number of unbranched alkanes of at least 4 members (excludes halogenated alkanes) is 6. The van der Waals surface area contributed by atoms with Crippen LogP contribution in [0.5, 0.6) is 0 Å². The molecule has 2 unspecified atom stereocenters. The number of rotatable bonds is 12. The van der Waals surface area contributed by atoms with Gasteiger partial charge in [0.2, 0.25) is 0 Å². The SMILES string of the molecule is CCCCCCC1=CCCC(C2(c3cccc(CCCCCC)c3)c3cc(C)ccc3C3=CC2C=C(C)C=C3)=C1. The van der Waals surface area contributed by atoms with Gasteiger partial charge in [0.25, 0.3) is 0 Å². The van der Waals surface area contributed by atoms with Crippen molar-refractivity contribution in [1.82, 2.24) is 0 Å². The number of hydrogen-bond acceptors (Lipinski definition) is 0. The molecule has 0 spiro atoms. The molecule has 0 N–H and O–H groups in total. The number of benzene rings is 2. The van der Waals surface area contributed by atoms with Crippen molar-refractivity contribution in [2.75, 3.05) is 0 Å². The second-order valence-electron chi connectivity index (χ2n) is 12.6. The van der Waals surface area contributed by atoms with E-state index in [9.17, 15) is 0 Å². The summed E-state index contributed by atoms with van der Waals surface area (Å²) in [5.41, 5.74) is 13.0. The van der Waals surface area contributed by atoms with Gasteiger partial charge in [0.1, 0.15) is 0 Å². The van der Waals surface area contributed by atoms with Crippen molar-refractivity contribution in [2.45, 2.75) is 110 Å². The fourth-order valence-electron chi connectivity index (χ4n) is 7.36. The van der Waals surface area contributed by atoms with E-state index in [4.69, 9.17) is 0 Å². The van der Waals surface area contributed by atoms with E-state index < -0.39 is 0 Å². The van der Waals surface area contributed by atoms with E-state index in [1.807, 2.05) is 0 Å². The van der Waals surface area contributed by atoms with Crippen molar-refractivity contribution in [3.8, 4) is 0 Å². The summed E-state index contributed by atoms with van der Waals surface area (Å²) in [4.78, 5) is 0. The molecule has 0 fully saturated rings. The van der Waals surface area contributed by atoms with E-state index in [-0.39, 0.29) is 5.41 Å². The third kappa shape index (κ3) is 5.93. The Morgan fingerprint density at radius 3 is 2.40 bits per heavy atom. The van der Waals surface area contributed by atoms with Gasteiger partial charge >= 0.3 is 0 Å². The fourth-order valence-corrected chi connectivity index (χ4v) is 7.36. The van der Waals surface area contributed by atoms with Crippen LogP contribution in [0, 0.1) is 12.8 Å². The minimum atomic E-state index is -0.180. The first kappa shape index (κ1) is 28.7. The van der Waals surface area contributed by atoms with Gasteiger partial charge in [-0.05, 0) is 80.2 Å². The van der Waals surface area contributed by atoms with Crippen LogP contribution in [-0.2, 0) is 11.8 Å². The summed E-state index contributed by atoms with van der Waals surface area (Å²) in [5, 5.41) is 0. The Labute approximate surface area is 244 Å². The molecular formula is C40H50. The molecule has 0 saturated heterocycles. The molecule has 2 bridgehead atoms. The smallest absolute Gasteiger partial charge is 0.0518 e. The van der Waals surface area contributed by atoms with Crippen LogP contribution in [0.25, 0.3) is 5.57 Å². The lowest BCUT2D eigenvalue weighted by Crippen LogP contribution is -2.40. The second-order valence-corrected chi connectivity index (χ2v) is 12.6. The molecule has 0 heteroatoms. The molecule has 2 aromatic carbocycles. The standard InChI is InChI=1S/C40H50/c1-5-7-9-11-15-32-17-13-19-35(27-32)40(36-20-14-18-33(28-36)16-12-10-8-6-2)37-25-30(3)21-23-34(29-37)38-24-22-31(4)26-39(38)40/h13,17-19,21-29,37H,5-12,14-16,20H2,1-4H3. The highest BCUT2D eigenvalue weighted by Gasteiger charge is 2.47. The lowest BCUT2D eigenvalue weighted by atomic mass is 9.55. The lowest BCUT2D eigenvalue weighted by molar-refractivity contribution is 0.484. The minimum absolute atomic E-state index is 0.180. The van der Waals surface area contributed by atoms with Crippen LogP contribution in [0.2, 0.25) is 0 Å². The van der Waals surface area contributed by atoms with Gasteiger partial charge in [0.15, 0.2) is 0 Å². The number of fused-ring (bicyclic) bond motifs is 3. The minimum Gasteiger partial charge on any atom is -0.0810 e. The van der Waals surface area contributed by atoms with Crippen molar-refractivity contribution in [2.24, 2.45) is 5.92 Å². The first-order valence-electron chi connectivity index (χ1n) is 16.3. The molecule has 3 aliphatic rings. The Bertz CT molecular complexity index is 1340. The molecule has 2 atom stereocenters. The zero-order valence-electron chi connectivity index (χ0n) is 25.6. The lowest BCUT2D eigenvalue weighted by Gasteiger charge is -2.47. The Morgan fingerprint density at radius 1 is 0.800 bits per heavy atom. The number of allylic oxidation sites excluding steroid dienone is 10. The van der Waals surface area contributed by atoms with Crippen LogP contribution in [0.1, 0.15) is 119 Å². The van der Waals surface area contributed by atoms with Gasteiger partial charge in [-0.1, -0.05) is 154 Å². The topological polar surface area (TPSA) is 0 Å². The van der Waals surface area contributed by atoms with E-state index in [1.165, 1.54) is 103 Å². The second kappa shape index (κ2) is 13.2. The Balaban J connectivity index is 1.68. The molecule has 0 aliphatic heterocycles. The zero-order valence-corrected chi connectivity index (χ0v) is 25.6. The molecule has 0 saturated carbocycles. The zero-order chi connectivity index (χ0) is 28.0. The summed E-state index contributed by atoms with van der Waals surface area (Å²) in [7, 11) is 0. The van der Waals surface area contributed by atoms with Gasteiger partial charge in [-0.15, -0.1) is 0 Å². The first-order valence-corrected chi connectivity index (χ1v) is 16.3. The maximum atomic E-state index is 2.63. The van der Waals surface area contributed by atoms with Crippen molar-refractivity contribution < 1.29 is 0 Å². The van der Waals surface area contributed by atoms with Crippen LogP contribution in [-0.4, -0.2) is 0 Å². The van der Waals surface area contributed by atoms with E-state index >= 15 is 0 Å². The average Bonchev–Trinajstić information content (AvgIpc) is 3.14. The third-order valence-electron chi connectivity index (χ3n) is 9.44. The predicted molar refractivity (Wildman–Crippen MR) is 175 cm³/mol. The molecule has 0 amide bonds. The maximum Gasteiger partial charge on any atom is 0.0518 e. The first-order chi connectivity index (χ1) is 19.6. The summed E-state index contributed by atoms with van der Waals surface area (Å²) >= 11 is 0. The Morgan fingerprint density at radius 2 is 1.60 bits per heavy atom.